The highest BCUT2D eigenvalue weighted by Gasteiger charge is 2.30. The third-order valence-electron chi connectivity index (χ3n) is 2.55. The van der Waals surface area contributed by atoms with Crippen molar-refractivity contribution in [2.24, 2.45) is 0 Å². The van der Waals surface area contributed by atoms with E-state index in [1.54, 1.807) is 13.0 Å². The van der Waals surface area contributed by atoms with Crippen LogP contribution in [0.15, 0.2) is 24.3 Å². The number of hydrogen-bond acceptors (Lipinski definition) is 2. The quantitative estimate of drug-likeness (QED) is 0.789. The molecule has 6 heteroatoms. The van der Waals surface area contributed by atoms with E-state index in [2.05, 4.69) is 9.97 Å². The maximum Gasteiger partial charge on any atom is 0.416 e. The van der Waals surface area contributed by atoms with Crippen LogP contribution in [0, 0.1) is 5.41 Å². The molecule has 1 aromatic heterocycles. The number of hydrogen-bond donors (Lipinski definition) is 2. The van der Waals surface area contributed by atoms with Crippen LogP contribution in [0.3, 0.4) is 0 Å². The van der Waals surface area contributed by atoms with E-state index in [1.807, 2.05) is 0 Å². The van der Waals surface area contributed by atoms with Gasteiger partial charge in [-0.1, -0.05) is 6.08 Å². The number of rotatable bonds is 2. The summed E-state index contributed by atoms with van der Waals surface area (Å²) in [6.07, 6.45) is -1.61. The van der Waals surface area contributed by atoms with Gasteiger partial charge in [0, 0.05) is 11.8 Å². The first-order valence-electron chi connectivity index (χ1n) is 5.20. The number of aromatic nitrogens is 2. The van der Waals surface area contributed by atoms with Crippen LogP contribution in [0.2, 0.25) is 0 Å². The van der Waals surface area contributed by atoms with Crippen LogP contribution in [0.25, 0.3) is 16.6 Å². The summed E-state index contributed by atoms with van der Waals surface area (Å²) in [4.78, 5) is 6.91. The number of H-pyrrole nitrogens is 1. The minimum absolute atomic E-state index is 0.307. The Labute approximate surface area is 101 Å². The van der Waals surface area contributed by atoms with Crippen LogP contribution in [-0.2, 0) is 6.18 Å². The topological polar surface area (TPSA) is 52.5 Å². The second-order valence-corrected chi connectivity index (χ2v) is 3.70. The van der Waals surface area contributed by atoms with Crippen molar-refractivity contribution >= 4 is 22.8 Å². The average molecular weight is 253 g/mol. The summed E-state index contributed by atoms with van der Waals surface area (Å²) in [5, 5.41) is 7.18. The first kappa shape index (κ1) is 12.3. The molecular weight excluding hydrogens is 243 g/mol. The summed E-state index contributed by atoms with van der Waals surface area (Å²) < 4.78 is 37.6. The van der Waals surface area contributed by atoms with Gasteiger partial charge in [-0.25, -0.2) is 4.98 Å². The average Bonchev–Trinajstić information content (AvgIpc) is 2.71. The molecule has 0 radical (unpaired) electrons. The largest absolute Gasteiger partial charge is 0.416 e. The third kappa shape index (κ3) is 2.13. The number of nitrogens with one attached hydrogen (secondary N) is 2. The number of allylic oxidation sites excluding steroid dienone is 2. The van der Waals surface area contributed by atoms with E-state index in [-0.39, 0.29) is 0 Å². The van der Waals surface area contributed by atoms with Crippen molar-refractivity contribution in [3.05, 3.63) is 35.7 Å². The first-order valence-corrected chi connectivity index (χ1v) is 5.20. The van der Waals surface area contributed by atoms with Gasteiger partial charge < -0.3 is 10.4 Å². The van der Waals surface area contributed by atoms with Gasteiger partial charge in [0.1, 0.15) is 5.82 Å². The first-order chi connectivity index (χ1) is 8.45. The Hall–Kier alpha value is -2.11. The number of benzene rings is 1. The van der Waals surface area contributed by atoms with Gasteiger partial charge >= 0.3 is 6.18 Å². The van der Waals surface area contributed by atoms with Crippen molar-refractivity contribution in [1.29, 1.82) is 5.41 Å². The van der Waals surface area contributed by atoms with Gasteiger partial charge in [0.05, 0.1) is 16.6 Å². The molecule has 0 aliphatic rings. The molecule has 0 saturated carbocycles. The third-order valence-corrected chi connectivity index (χ3v) is 2.55. The number of aromatic amines is 1. The van der Waals surface area contributed by atoms with Crippen molar-refractivity contribution in [2.75, 3.05) is 0 Å². The molecule has 1 heterocycles. The second kappa shape index (κ2) is 4.29. The van der Waals surface area contributed by atoms with Gasteiger partial charge in [-0.05, 0) is 25.1 Å². The monoisotopic (exact) mass is 253 g/mol. The second-order valence-electron chi connectivity index (χ2n) is 3.70. The molecule has 0 aliphatic heterocycles. The maximum atomic E-state index is 12.5. The summed E-state index contributed by atoms with van der Waals surface area (Å²) >= 11 is 0. The van der Waals surface area contributed by atoms with Crippen LogP contribution in [0.4, 0.5) is 13.2 Å². The molecule has 0 spiro atoms. The molecule has 2 N–H and O–H groups in total. The molecule has 0 aliphatic carbocycles. The Morgan fingerprint density at radius 1 is 1.39 bits per heavy atom. The Morgan fingerprint density at radius 3 is 2.67 bits per heavy atom. The molecular formula is C12H10F3N3. The molecule has 0 atom stereocenters. The fraction of sp³-hybridized carbons (Fsp3) is 0.167. The van der Waals surface area contributed by atoms with Crippen molar-refractivity contribution in [3.63, 3.8) is 0 Å². The molecule has 0 unspecified atom stereocenters. The smallest absolute Gasteiger partial charge is 0.338 e. The molecule has 94 valence electrons. The molecule has 18 heavy (non-hydrogen) atoms. The number of fused-ring (bicyclic) bond motifs is 1. The van der Waals surface area contributed by atoms with E-state index in [4.69, 9.17) is 5.41 Å². The molecule has 2 rings (SSSR count). The van der Waals surface area contributed by atoms with E-state index in [0.29, 0.717) is 22.4 Å². The normalized spacial score (nSPS) is 13.0. The van der Waals surface area contributed by atoms with Crippen LogP contribution in [0.1, 0.15) is 18.3 Å². The van der Waals surface area contributed by atoms with E-state index >= 15 is 0 Å². The van der Waals surface area contributed by atoms with E-state index in [0.717, 1.165) is 18.3 Å². The Morgan fingerprint density at radius 2 is 2.11 bits per heavy atom. The van der Waals surface area contributed by atoms with Crippen LogP contribution in [-0.4, -0.2) is 16.2 Å². The Kier molecular flexibility index (Phi) is 2.94. The maximum absolute atomic E-state index is 12.5. The SMILES string of the molecule is C/C=C(\C=N)c1nc2ccc(C(F)(F)F)cc2[nH]1. The highest BCUT2D eigenvalue weighted by Crippen LogP contribution is 2.31. The van der Waals surface area contributed by atoms with Crippen molar-refractivity contribution in [3.8, 4) is 0 Å². The predicted molar refractivity (Wildman–Crippen MR) is 63.5 cm³/mol. The van der Waals surface area contributed by atoms with E-state index in [9.17, 15) is 13.2 Å². The molecule has 0 saturated heterocycles. The summed E-state index contributed by atoms with van der Waals surface area (Å²) in [6.45, 7) is 1.73. The number of nitrogens with zero attached hydrogens (tertiary/aromatic N) is 1. The summed E-state index contributed by atoms with van der Waals surface area (Å²) in [7, 11) is 0. The van der Waals surface area contributed by atoms with Crippen LogP contribution in [0.5, 0.6) is 0 Å². The summed E-state index contributed by atoms with van der Waals surface area (Å²) in [6, 6.07) is 3.32. The van der Waals surface area contributed by atoms with Gasteiger partial charge in [-0.2, -0.15) is 13.2 Å². The molecule has 0 fully saturated rings. The lowest BCUT2D eigenvalue weighted by molar-refractivity contribution is -0.137. The minimum Gasteiger partial charge on any atom is -0.338 e. The van der Waals surface area contributed by atoms with E-state index < -0.39 is 11.7 Å². The standard InChI is InChI=1S/C12H10F3N3/c1-2-7(6-16)11-17-9-4-3-8(12(13,14)15)5-10(9)18-11/h2-6,16H,1H3,(H,17,18)/b7-2+,16-6?. The predicted octanol–water partition coefficient (Wildman–Crippen LogP) is 3.63. The minimum atomic E-state index is -4.37. The zero-order chi connectivity index (χ0) is 13.3. The van der Waals surface area contributed by atoms with Gasteiger partial charge in [-0.3, -0.25) is 0 Å². The highest BCUT2D eigenvalue weighted by molar-refractivity contribution is 6.07. The fourth-order valence-electron chi connectivity index (χ4n) is 1.61. The molecule has 0 bridgehead atoms. The van der Waals surface area contributed by atoms with Gasteiger partial charge in [0.2, 0.25) is 0 Å². The molecule has 2 aromatic rings. The summed E-state index contributed by atoms with van der Waals surface area (Å²) in [5.74, 6) is 0.391. The lowest BCUT2D eigenvalue weighted by Gasteiger charge is -2.05. The Bertz CT molecular complexity index is 623. The van der Waals surface area contributed by atoms with Gasteiger partial charge in [-0.15, -0.1) is 0 Å². The highest BCUT2D eigenvalue weighted by atomic mass is 19.4. The fourth-order valence-corrected chi connectivity index (χ4v) is 1.61. The van der Waals surface area contributed by atoms with E-state index in [1.165, 1.54) is 6.07 Å². The number of halogens is 3. The lowest BCUT2D eigenvalue weighted by Crippen LogP contribution is -2.04. The van der Waals surface area contributed by atoms with Crippen molar-refractivity contribution in [1.82, 2.24) is 9.97 Å². The zero-order valence-electron chi connectivity index (χ0n) is 9.47. The van der Waals surface area contributed by atoms with Gasteiger partial charge in [0.25, 0.3) is 0 Å². The molecule has 3 nitrogen and oxygen atoms in total. The van der Waals surface area contributed by atoms with Gasteiger partial charge in [0.15, 0.2) is 0 Å². The molecule has 0 amide bonds. The number of imidazole rings is 1. The van der Waals surface area contributed by atoms with Crippen LogP contribution >= 0.6 is 0 Å². The lowest BCUT2D eigenvalue weighted by atomic mass is 10.2. The van der Waals surface area contributed by atoms with Crippen molar-refractivity contribution < 1.29 is 13.2 Å². The number of alkyl halides is 3. The summed E-state index contributed by atoms with van der Waals surface area (Å²) in [5.41, 5.74) is 0.557. The van der Waals surface area contributed by atoms with Crippen molar-refractivity contribution in [2.45, 2.75) is 13.1 Å². The Balaban J connectivity index is 2.56. The zero-order valence-corrected chi connectivity index (χ0v) is 9.47. The van der Waals surface area contributed by atoms with Crippen LogP contribution < -0.4 is 0 Å². The molecule has 1 aromatic carbocycles.